The minimum atomic E-state index is -0.384. The number of carbonyl (C=O) groups excluding carboxylic acids is 1. The molecule has 0 saturated heterocycles. The van der Waals surface area contributed by atoms with E-state index in [9.17, 15) is 4.79 Å². The number of halogens is 1. The summed E-state index contributed by atoms with van der Waals surface area (Å²) in [6.07, 6.45) is 0. The van der Waals surface area contributed by atoms with Crippen molar-refractivity contribution < 1.29 is 9.53 Å². The zero-order valence-corrected chi connectivity index (χ0v) is 19.1. The smallest absolute Gasteiger partial charge is 0.343 e. The molecule has 160 valence electrons. The first kappa shape index (κ1) is 21.7. The molecule has 1 N–H and O–H groups in total. The van der Waals surface area contributed by atoms with E-state index in [1.165, 1.54) is 11.3 Å². The number of thiazole rings is 1. The van der Waals surface area contributed by atoms with Gasteiger partial charge in [0.2, 0.25) is 5.13 Å². The number of rotatable bonds is 6. The van der Waals surface area contributed by atoms with Gasteiger partial charge in [0.25, 0.3) is 0 Å². The topological polar surface area (TPSA) is 63.6 Å². The molecule has 0 aliphatic heterocycles. The summed E-state index contributed by atoms with van der Waals surface area (Å²) in [6.45, 7) is 3.87. The lowest BCUT2D eigenvalue weighted by Crippen LogP contribution is -2.08. The van der Waals surface area contributed by atoms with Gasteiger partial charge in [-0.3, -0.25) is 5.43 Å². The number of hydrazone groups is 1. The van der Waals surface area contributed by atoms with Crippen LogP contribution in [0.3, 0.4) is 0 Å². The molecule has 4 rings (SSSR count). The first-order valence-corrected chi connectivity index (χ1v) is 11.1. The van der Waals surface area contributed by atoms with Crippen molar-refractivity contribution in [2.24, 2.45) is 5.10 Å². The summed E-state index contributed by atoms with van der Waals surface area (Å²) in [5, 5.41) is 7.77. The average Bonchev–Trinajstić information content (AvgIpc) is 3.28. The lowest BCUT2D eigenvalue weighted by Gasteiger charge is -2.06. The molecule has 7 heteroatoms. The van der Waals surface area contributed by atoms with E-state index < -0.39 is 0 Å². The predicted octanol–water partition coefficient (Wildman–Crippen LogP) is 6.83. The number of benzene rings is 3. The van der Waals surface area contributed by atoms with Crippen molar-refractivity contribution in [2.45, 2.75) is 13.8 Å². The highest BCUT2D eigenvalue weighted by atomic mass is 35.5. The summed E-state index contributed by atoms with van der Waals surface area (Å²) >= 11 is 7.42. The molecule has 0 aliphatic rings. The van der Waals surface area contributed by atoms with Gasteiger partial charge in [-0.15, -0.1) is 11.3 Å². The lowest BCUT2D eigenvalue weighted by atomic mass is 10.1. The second kappa shape index (κ2) is 9.77. The third-order valence-corrected chi connectivity index (χ3v) is 5.73. The average molecular weight is 462 g/mol. The Morgan fingerprint density at radius 3 is 2.31 bits per heavy atom. The Bertz CT molecular complexity index is 1250. The number of anilines is 1. The maximum Gasteiger partial charge on any atom is 0.343 e. The number of aromatic nitrogens is 1. The van der Waals surface area contributed by atoms with E-state index in [4.69, 9.17) is 16.3 Å². The molecule has 5 nitrogen and oxygen atoms in total. The molecule has 0 aliphatic carbocycles. The van der Waals surface area contributed by atoms with Crippen molar-refractivity contribution in [2.75, 3.05) is 5.43 Å². The molecule has 3 aromatic carbocycles. The normalized spacial score (nSPS) is 11.3. The predicted molar refractivity (Wildman–Crippen MR) is 131 cm³/mol. The molecule has 0 atom stereocenters. The summed E-state index contributed by atoms with van der Waals surface area (Å²) in [7, 11) is 0. The van der Waals surface area contributed by atoms with Crippen LogP contribution in [0.4, 0.5) is 5.13 Å². The first-order valence-electron chi connectivity index (χ1n) is 9.89. The van der Waals surface area contributed by atoms with Crippen molar-refractivity contribution >= 4 is 39.8 Å². The Hall–Kier alpha value is -3.48. The number of carbonyl (C=O) groups is 1. The minimum absolute atomic E-state index is 0.384. The standard InChI is InChI=1S/C25H20ClN3O2S/c1-16-3-5-20(6-4-16)24(30)31-22-13-9-18(10-14-22)17(2)28-29-25-27-23(15-32-25)19-7-11-21(26)12-8-19/h3-15H,1-2H3,(H,27,29)/b28-17-. The van der Waals surface area contributed by atoms with Crippen LogP contribution in [0.25, 0.3) is 11.3 Å². The summed E-state index contributed by atoms with van der Waals surface area (Å²) in [5.41, 5.74) is 8.15. The molecular formula is C25H20ClN3O2S. The van der Waals surface area contributed by atoms with Crippen LogP contribution in [-0.4, -0.2) is 16.7 Å². The maximum absolute atomic E-state index is 12.3. The third-order valence-electron chi connectivity index (χ3n) is 4.73. The highest BCUT2D eigenvalue weighted by Gasteiger charge is 2.09. The number of hydrogen-bond donors (Lipinski definition) is 1. The van der Waals surface area contributed by atoms with E-state index in [0.717, 1.165) is 28.1 Å². The maximum atomic E-state index is 12.3. The molecular weight excluding hydrogens is 442 g/mol. The Morgan fingerprint density at radius 2 is 1.62 bits per heavy atom. The zero-order valence-electron chi connectivity index (χ0n) is 17.5. The van der Waals surface area contributed by atoms with Crippen LogP contribution in [0.1, 0.15) is 28.4 Å². The number of ether oxygens (including phenoxy) is 1. The monoisotopic (exact) mass is 461 g/mol. The molecule has 1 heterocycles. The van der Waals surface area contributed by atoms with E-state index in [1.807, 2.05) is 67.8 Å². The summed E-state index contributed by atoms with van der Waals surface area (Å²) in [5.74, 6) is 0.0951. The summed E-state index contributed by atoms with van der Waals surface area (Å²) in [6, 6.07) is 22.0. The first-order chi connectivity index (χ1) is 15.5. The molecule has 0 amide bonds. The van der Waals surface area contributed by atoms with Gasteiger partial charge in [0.15, 0.2) is 0 Å². The van der Waals surface area contributed by atoms with Gasteiger partial charge >= 0.3 is 5.97 Å². The highest BCUT2D eigenvalue weighted by molar-refractivity contribution is 7.14. The Balaban J connectivity index is 1.38. The fraction of sp³-hybridized carbons (Fsp3) is 0.0800. The fourth-order valence-corrected chi connectivity index (χ4v) is 3.68. The molecule has 1 aromatic heterocycles. The molecule has 32 heavy (non-hydrogen) atoms. The molecule has 0 saturated carbocycles. The van der Waals surface area contributed by atoms with Crippen LogP contribution in [0, 0.1) is 6.92 Å². The van der Waals surface area contributed by atoms with Gasteiger partial charge in [0.1, 0.15) is 5.75 Å². The summed E-state index contributed by atoms with van der Waals surface area (Å²) < 4.78 is 5.45. The zero-order chi connectivity index (χ0) is 22.5. The van der Waals surface area contributed by atoms with Crippen LogP contribution in [0.15, 0.2) is 83.3 Å². The molecule has 0 radical (unpaired) electrons. The van der Waals surface area contributed by atoms with Crippen LogP contribution in [0.5, 0.6) is 5.75 Å². The molecule has 0 spiro atoms. The van der Waals surface area contributed by atoms with Gasteiger partial charge in [-0.1, -0.05) is 41.4 Å². The van der Waals surface area contributed by atoms with E-state index in [-0.39, 0.29) is 5.97 Å². The van der Waals surface area contributed by atoms with Gasteiger partial charge in [0.05, 0.1) is 17.0 Å². The molecule has 4 aromatic rings. The van der Waals surface area contributed by atoms with Crippen LogP contribution >= 0.6 is 22.9 Å². The third kappa shape index (κ3) is 5.41. The number of esters is 1. The number of hydrogen-bond acceptors (Lipinski definition) is 6. The van der Waals surface area contributed by atoms with Crippen LogP contribution in [-0.2, 0) is 0 Å². The molecule has 0 unspecified atom stereocenters. The van der Waals surface area contributed by atoms with Crippen molar-refractivity contribution in [3.63, 3.8) is 0 Å². The number of nitrogens with one attached hydrogen (secondary N) is 1. The largest absolute Gasteiger partial charge is 0.423 e. The van der Waals surface area contributed by atoms with Gasteiger partial charge < -0.3 is 4.74 Å². The van der Waals surface area contributed by atoms with Gasteiger partial charge in [-0.2, -0.15) is 5.10 Å². The van der Waals surface area contributed by atoms with E-state index in [1.54, 1.807) is 24.3 Å². The van der Waals surface area contributed by atoms with Gasteiger partial charge in [-0.05, 0) is 67.9 Å². The van der Waals surface area contributed by atoms with Gasteiger partial charge in [0, 0.05) is 16.0 Å². The second-order valence-corrected chi connectivity index (χ2v) is 8.43. The molecule has 0 fully saturated rings. The van der Waals surface area contributed by atoms with E-state index in [0.29, 0.717) is 21.5 Å². The Labute approximate surface area is 195 Å². The Morgan fingerprint density at radius 1 is 0.969 bits per heavy atom. The van der Waals surface area contributed by atoms with Crippen LogP contribution < -0.4 is 10.2 Å². The molecule has 0 bridgehead atoms. The van der Waals surface area contributed by atoms with Crippen molar-refractivity contribution in [1.29, 1.82) is 0 Å². The van der Waals surface area contributed by atoms with Crippen molar-refractivity contribution in [1.82, 2.24) is 4.98 Å². The minimum Gasteiger partial charge on any atom is -0.423 e. The second-order valence-electron chi connectivity index (χ2n) is 7.13. The Kier molecular flexibility index (Phi) is 6.63. The SMILES string of the molecule is C/C(=N/Nc1nc(-c2ccc(Cl)cc2)cs1)c1ccc(OC(=O)c2ccc(C)cc2)cc1. The quantitative estimate of drug-likeness (QED) is 0.148. The fourth-order valence-electron chi connectivity index (χ4n) is 2.89. The van der Waals surface area contributed by atoms with Crippen molar-refractivity contribution in [3.05, 3.63) is 99.9 Å². The van der Waals surface area contributed by atoms with Gasteiger partial charge in [-0.25, -0.2) is 9.78 Å². The number of nitrogens with zero attached hydrogens (tertiary/aromatic N) is 2. The highest BCUT2D eigenvalue weighted by Crippen LogP contribution is 2.26. The van der Waals surface area contributed by atoms with Crippen molar-refractivity contribution in [3.8, 4) is 17.0 Å². The lowest BCUT2D eigenvalue weighted by molar-refractivity contribution is 0.0735. The van der Waals surface area contributed by atoms with E-state index >= 15 is 0 Å². The number of aryl methyl sites for hydroxylation is 1. The van der Waals surface area contributed by atoms with E-state index in [2.05, 4.69) is 15.5 Å². The summed E-state index contributed by atoms with van der Waals surface area (Å²) in [4.78, 5) is 16.8. The van der Waals surface area contributed by atoms with Crippen LogP contribution in [0.2, 0.25) is 5.02 Å².